The Bertz CT molecular complexity index is 916. The predicted octanol–water partition coefficient (Wildman–Crippen LogP) is 3.33. The summed E-state index contributed by atoms with van der Waals surface area (Å²) >= 11 is 0. The average Bonchev–Trinajstić information content (AvgIpc) is 3.04. The number of fused-ring (bicyclic) bond motifs is 1. The molecule has 0 aliphatic heterocycles. The summed E-state index contributed by atoms with van der Waals surface area (Å²) in [7, 11) is 0. The molecule has 1 aromatic heterocycles. The monoisotopic (exact) mass is 362 g/mol. The third-order valence-electron chi connectivity index (χ3n) is 3.90. The van der Waals surface area contributed by atoms with E-state index in [4.69, 9.17) is 5.73 Å². The van der Waals surface area contributed by atoms with Crippen LogP contribution >= 0.6 is 0 Å². The van der Waals surface area contributed by atoms with Crippen LogP contribution in [0.5, 0.6) is 0 Å². The normalized spacial score (nSPS) is 11.7. The van der Waals surface area contributed by atoms with E-state index in [1.807, 2.05) is 0 Å². The molecule has 0 saturated heterocycles. The number of aromatic amines is 1. The van der Waals surface area contributed by atoms with Crippen molar-refractivity contribution in [3.05, 3.63) is 53.6 Å². The number of carbonyl (C=O) groups excluding carboxylic acids is 1. The summed E-state index contributed by atoms with van der Waals surface area (Å²) in [6.07, 6.45) is -3.71. The highest BCUT2D eigenvalue weighted by Gasteiger charge is 2.30. The van der Waals surface area contributed by atoms with Gasteiger partial charge >= 0.3 is 6.18 Å². The number of hydrogen-bond donors (Lipinski definition) is 3. The molecule has 4 N–H and O–H groups in total. The zero-order valence-electron chi connectivity index (χ0n) is 13.7. The molecule has 0 aliphatic rings. The lowest BCUT2D eigenvalue weighted by Crippen LogP contribution is -2.25. The molecule has 2 aromatic carbocycles. The Morgan fingerprint density at radius 2 is 1.88 bits per heavy atom. The Kier molecular flexibility index (Phi) is 4.94. The topological polar surface area (TPSA) is 83.8 Å². The highest BCUT2D eigenvalue weighted by Crippen LogP contribution is 2.31. The van der Waals surface area contributed by atoms with Crippen LogP contribution in [-0.4, -0.2) is 29.0 Å². The number of rotatable bonds is 5. The quantitative estimate of drug-likeness (QED) is 0.609. The van der Waals surface area contributed by atoms with Gasteiger partial charge in [0.25, 0.3) is 5.91 Å². The zero-order valence-corrected chi connectivity index (χ0v) is 13.7. The van der Waals surface area contributed by atoms with Gasteiger partial charge in [0, 0.05) is 17.7 Å². The van der Waals surface area contributed by atoms with E-state index in [0.29, 0.717) is 47.5 Å². The molecule has 26 heavy (non-hydrogen) atoms. The maximum Gasteiger partial charge on any atom is 0.416 e. The lowest BCUT2D eigenvalue weighted by molar-refractivity contribution is -0.137. The van der Waals surface area contributed by atoms with Gasteiger partial charge in [-0.15, -0.1) is 0 Å². The van der Waals surface area contributed by atoms with Gasteiger partial charge in [0.1, 0.15) is 5.82 Å². The molecule has 3 aromatic rings. The van der Waals surface area contributed by atoms with Gasteiger partial charge in [-0.2, -0.15) is 13.2 Å². The van der Waals surface area contributed by atoms with Crippen LogP contribution in [0.15, 0.2) is 42.5 Å². The van der Waals surface area contributed by atoms with E-state index in [-0.39, 0.29) is 5.91 Å². The second-order valence-corrected chi connectivity index (χ2v) is 5.79. The number of hydrogen-bond acceptors (Lipinski definition) is 3. The van der Waals surface area contributed by atoms with Gasteiger partial charge in [-0.25, -0.2) is 4.98 Å². The van der Waals surface area contributed by atoms with E-state index in [1.165, 1.54) is 6.07 Å². The maximum atomic E-state index is 12.8. The van der Waals surface area contributed by atoms with Gasteiger partial charge < -0.3 is 16.0 Å². The van der Waals surface area contributed by atoms with Crippen LogP contribution in [0.3, 0.4) is 0 Å². The molecule has 0 atom stereocenters. The van der Waals surface area contributed by atoms with Gasteiger partial charge in [0.2, 0.25) is 0 Å². The molecular formula is C18H17F3N4O. The molecule has 0 unspecified atom stereocenters. The minimum atomic E-state index is -4.40. The summed E-state index contributed by atoms with van der Waals surface area (Å²) < 4.78 is 38.4. The van der Waals surface area contributed by atoms with Gasteiger partial charge in [0.05, 0.1) is 16.6 Å². The van der Waals surface area contributed by atoms with E-state index in [9.17, 15) is 18.0 Å². The van der Waals surface area contributed by atoms with Crippen LogP contribution in [0.4, 0.5) is 13.2 Å². The van der Waals surface area contributed by atoms with E-state index >= 15 is 0 Å². The first-order valence-corrected chi connectivity index (χ1v) is 8.04. The Morgan fingerprint density at radius 3 is 2.54 bits per heavy atom. The number of carbonyl (C=O) groups is 1. The van der Waals surface area contributed by atoms with Crippen molar-refractivity contribution < 1.29 is 18.0 Å². The Morgan fingerprint density at radius 1 is 1.15 bits per heavy atom. The van der Waals surface area contributed by atoms with Crippen molar-refractivity contribution in [3.63, 3.8) is 0 Å². The van der Waals surface area contributed by atoms with Crippen LogP contribution in [0.1, 0.15) is 22.3 Å². The number of imidazole rings is 1. The molecule has 1 amide bonds. The maximum absolute atomic E-state index is 12.8. The van der Waals surface area contributed by atoms with Crippen LogP contribution < -0.4 is 11.1 Å². The number of aromatic nitrogens is 2. The molecular weight excluding hydrogens is 345 g/mol. The van der Waals surface area contributed by atoms with Crippen LogP contribution in [0, 0.1) is 0 Å². The fourth-order valence-electron chi connectivity index (χ4n) is 2.51. The Labute approximate surface area is 147 Å². The van der Waals surface area contributed by atoms with Gasteiger partial charge in [0.15, 0.2) is 0 Å². The number of nitrogens with zero attached hydrogens (tertiary/aromatic N) is 1. The lowest BCUT2D eigenvalue weighted by atomic mass is 10.1. The number of benzene rings is 2. The molecule has 0 aliphatic carbocycles. The zero-order chi connectivity index (χ0) is 18.7. The average molecular weight is 362 g/mol. The van der Waals surface area contributed by atoms with Crippen molar-refractivity contribution in [2.24, 2.45) is 5.73 Å². The van der Waals surface area contributed by atoms with Gasteiger partial charge in [-0.05, 0) is 43.3 Å². The molecule has 0 fully saturated rings. The second kappa shape index (κ2) is 7.17. The van der Waals surface area contributed by atoms with Crippen molar-refractivity contribution in [3.8, 4) is 11.4 Å². The SMILES string of the molecule is NCCCNC(=O)c1ccc(-c2nc3ccc(C(F)(F)F)cc3[nH]2)cc1. The summed E-state index contributed by atoms with van der Waals surface area (Å²) in [4.78, 5) is 19.2. The first-order chi connectivity index (χ1) is 12.4. The molecule has 3 rings (SSSR count). The predicted molar refractivity (Wildman–Crippen MR) is 92.5 cm³/mol. The third kappa shape index (κ3) is 3.85. The van der Waals surface area contributed by atoms with Crippen molar-refractivity contribution >= 4 is 16.9 Å². The fourth-order valence-corrected chi connectivity index (χ4v) is 2.51. The largest absolute Gasteiger partial charge is 0.416 e. The molecule has 0 radical (unpaired) electrons. The molecule has 5 nitrogen and oxygen atoms in total. The number of halogens is 3. The molecule has 0 spiro atoms. The Hall–Kier alpha value is -2.87. The number of nitrogens with two attached hydrogens (primary N) is 1. The van der Waals surface area contributed by atoms with E-state index in [2.05, 4.69) is 15.3 Å². The van der Waals surface area contributed by atoms with Crippen molar-refractivity contribution in [1.29, 1.82) is 0 Å². The van der Waals surface area contributed by atoms with Crippen LogP contribution in [-0.2, 0) is 6.18 Å². The molecule has 0 bridgehead atoms. The minimum absolute atomic E-state index is 0.204. The Balaban J connectivity index is 1.81. The first-order valence-electron chi connectivity index (χ1n) is 8.04. The second-order valence-electron chi connectivity index (χ2n) is 5.79. The summed E-state index contributed by atoms with van der Waals surface area (Å²) in [6.45, 7) is 1.00. The van der Waals surface area contributed by atoms with Crippen molar-refractivity contribution in [2.45, 2.75) is 12.6 Å². The summed E-state index contributed by atoms with van der Waals surface area (Å²) in [5.74, 6) is 0.235. The number of H-pyrrole nitrogens is 1. The van der Waals surface area contributed by atoms with E-state index < -0.39 is 11.7 Å². The summed E-state index contributed by atoms with van der Waals surface area (Å²) in [6, 6.07) is 10.0. The minimum Gasteiger partial charge on any atom is -0.352 e. The standard InChI is InChI=1S/C18H17F3N4O/c19-18(20,21)13-6-7-14-15(10-13)25-16(24-14)11-2-4-12(5-3-11)17(26)23-9-1-8-22/h2-7,10H,1,8-9,22H2,(H,23,26)(H,24,25). The summed E-state index contributed by atoms with van der Waals surface area (Å²) in [5.41, 5.74) is 6.55. The summed E-state index contributed by atoms with van der Waals surface area (Å²) in [5, 5.41) is 2.75. The smallest absolute Gasteiger partial charge is 0.352 e. The highest BCUT2D eigenvalue weighted by atomic mass is 19.4. The van der Waals surface area contributed by atoms with E-state index in [1.54, 1.807) is 24.3 Å². The van der Waals surface area contributed by atoms with Crippen LogP contribution in [0.25, 0.3) is 22.4 Å². The van der Waals surface area contributed by atoms with Gasteiger partial charge in [-0.3, -0.25) is 4.79 Å². The third-order valence-corrected chi connectivity index (χ3v) is 3.90. The fraction of sp³-hybridized carbons (Fsp3) is 0.222. The molecule has 136 valence electrons. The van der Waals surface area contributed by atoms with Crippen molar-refractivity contribution in [1.82, 2.24) is 15.3 Å². The van der Waals surface area contributed by atoms with Crippen LogP contribution in [0.2, 0.25) is 0 Å². The number of nitrogens with one attached hydrogen (secondary N) is 2. The van der Waals surface area contributed by atoms with Gasteiger partial charge in [-0.1, -0.05) is 12.1 Å². The molecule has 8 heteroatoms. The van der Waals surface area contributed by atoms with E-state index in [0.717, 1.165) is 12.1 Å². The molecule has 1 heterocycles. The molecule has 0 saturated carbocycles. The highest BCUT2D eigenvalue weighted by molar-refractivity contribution is 5.94. The first kappa shape index (κ1) is 17.9. The van der Waals surface area contributed by atoms with Crippen molar-refractivity contribution in [2.75, 3.05) is 13.1 Å². The number of alkyl halides is 3. The lowest BCUT2D eigenvalue weighted by Gasteiger charge is -2.05. The number of amides is 1.